The van der Waals surface area contributed by atoms with Crippen LogP contribution in [0.5, 0.6) is 0 Å². The van der Waals surface area contributed by atoms with Gasteiger partial charge in [0, 0.05) is 25.5 Å². The number of thiazole rings is 1. The van der Waals surface area contributed by atoms with Gasteiger partial charge in [0.25, 0.3) is 0 Å². The molecule has 1 N–H and O–H groups in total. The van der Waals surface area contributed by atoms with Gasteiger partial charge < -0.3 is 10.2 Å². The van der Waals surface area contributed by atoms with Crippen LogP contribution in [-0.2, 0) is 11.2 Å². The van der Waals surface area contributed by atoms with Crippen LogP contribution >= 0.6 is 34.3 Å². The van der Waals surface area contributed by atoms with Crippen molar-refractivity contribution in [2.45, 2.75) is 6.42 Å². The maximum absolute atomic E-state index is 12.0. The van der Waals surface area contributed by atoms with Gasteiger partial charge in [0.2, 0.25) is 5.91 Å². The molecule has 0 radical (unpaired) electrons. The quantitative estimate of drug-likeness (QED) is 0.886. The van der Waals surface area contributed by atoms with Crippen LogP contribution in [0.2, 0.25) is 4.34 Å². The highest BCUT2D eigenvalue weighted by atomic mass is 35.5. The van der Waals surface area contributed by atoms with Crippen LogP contribution < -0.4 is 5.32 Å². The van der Waals surface area contributed by atoms with E-state index in [0.717, 1.165) is 26.5 Å². The standard InChI is InChI=1S/C13H16ClN3OS2/c1-15-5-6-17(2)12(18)7-9-8-19-13(16-9)10-3-4-11(14)20-10/h3-4,8,15H,5-7H2,1-2H3. The van der Waals surface area contributed by atoms with Gasteiger partial charge in [0.15, 0.2) is 0 Å². The van der Waals surface area contributed by atoms with Crippen LogP contribution in [-0.4, -0.2) is 43.0 Å². The predicted octanol–water partition coefficient (Wildman–Crippen LogP) is 2.75. The molecule has 2 heterocycles. The molecule has 0 atom stereocenters. The number of thiophene rings is 1. The van der Waals surface area contributed by atoms with Gasteiger partial charge in [-0.3, -0.25) is 4.79 Å². The summed E-state index contributed by atoms with van der Waals surface area (Å²) in [6.07, 6.45) is 0.343. The number of nitrogens with one attached hydrogen (secondary N) is 1. The van der Waals surface area contributed by atoms with E-state index < -0.39 is 0 Å². The summed E-state index contributed by atoms with van der Waals surface area (Å²) < 4.78 is 0.750. The summed E-state index contributed by atoms with van der Waals surface area (Å²) >= 11 is 8.97. The number of carbonyl (C=O) groups excluding carboxylic acids is 1. The summed E-state index contributed by atoms with van der Waals surface area (Å²) in [6, 6.07) is 3.82. The molecule has 4 nitrogen and oxygen atoms in total. The fraction of sp³-hybridized carbons (Fsp3) is 0.385. The van der Waals surface area contributed by atoms with E-state index in [1.54, 1.807) is 16.2 Å². The normalized spacial score (nSPS) is 10.8. The molecule has 0 aliphatic carbocycles. The van der Waals surface area contributed by atoms with Gasteiger partial charge in [-0.15, -0.1) is 22.7 Å². The lowest BCUT2D eigenvalue weighted by molar-refractivity contribution is -0.129. The number of halogens is 1. The summed E-state index contributed by atoms with van der Waals surface area (Å²) in [5, 5.41) is 5.88. The van der Waals surface area contributed by atoms with E-state index in [0.29, 0.717) is 13.0 Å². The maximum Gasteiger partial charge on any atom is 0.228 e. The Hall–Kier alpha value is -0.950. The molecule has 0 saturated carbocycles. The fourth-order valence-corrected chi connectivity index (χ4v) is 3.56. The number of nitrogens with zero attached hydrogens (tertiary/aromatic N) is 2. The average molecular weight is 330 g/mol. The first kappa shape index (κ1) is 15.4. The lowest BCUT2D eigenvalue weighted by Gasteiger charge is -2.15. The topological polar surface area (TPSA) is 45.2 Å². The third-order valence-corrected chi connectivity index (χ3v) is 5.08. The van der Waals surface area contributed by atoms with Crippen molar-refractivity contribution >= 4 is 40.2 Å². The third kappa shape index (κ3) is 4.02. The third-order valence-electron chi connectivity index (χ3n) is 2.79. The Morgan fingerprint density at radius 3 is 2.95 bits per heavy atom. The summed E-state index contributed by atoms with van der Waals surface area (Å²) in [5.74, 6) is 0.0845. The molecule has 7 heteroatoms. The first-order valence-corrected chi connectivity index (χ1v) is 8.26. The molecule has 2 aromatic rings. The van der Waals surface area contributed by atoms with Crippen LogP contribution in [0.4, 0.5) is 0 Å². The van der Waals surface area contributed by atoms with E-state index in [2.05, 4.69) is 10.3 Å². The molecule has 0 aliphatic rings. The smallest absolute Gasteiger partial charge is 0.228 e. The summed E-state index contributed by atoms with van der Waals surface area (Å²) in [5.41, 5.74) is 0.816. The largest absolute Gasteiger partial charge is 0.344 e. The molecule has 0 bridgehead atoms. The van der Waals surface area contributed by atoms with E-state index in [1.165, 1.54) is 11.3 Å². The van der Waals surface area contributed by atoms with Crippen LogP contribution in [0.1, 0.15) is 5.69 Å². The van der Waals surface area contributed by atoms with Crippen LogP contribution in [0.3, 0.4) is 0 Å². The number of carbonyl (C=O) groups is 1. The van der Waals surface area contributed by atoms with Crippen molar-refractivity contribution in [1.82, 2.24) is 15.2 Å². The average Bonchev–Trinajstić information content (AvgIpc) is 3.04. The van der Waals surface area contributed by atoms with Gasteiger partial charge in [0.05, 0.1) is 21.3 Å². The predicted molar refractivity (Wildman–Crippen MR) is 85.7 cm³/mol. The second kappa shape index (κ2) is 7.17. The molecule has 0 aromatic carbocycles. The Kier molecular flexibility index (Phi) is 5.54. The number of likely N-dealkylation sites (N-methyl/N-ethyl adjacent to an activating group) is 2. The highest BCUT2D eigenvalue weighted by molar-refractivity contribution is 7.23. The molecule has 2 aromatic heterocycles. The van der Waals surface area contributed by atoms with Crippen molar-refractivity contribution in [1.29, 1.82) is 0 Å². The van der Waals surface area contributed by atoms with Crippen LogP contribution in [0, 0.1) is 0 Å². The lowest BCUT2D eigenvalue weighted by Crippen LogP contribution is -2.33. The number of amides is 1. The minimum atomic E-state index is 0.0845. The molecule has 0 saturated heterocycles. The number of hydrogen-bond acceptors (Lipinski definition) is 5. The lowest BCUT2D eigenvalue weighted by atomic mass is 10.3. The molecule has 108 valence electrons. The molecule has 2 rings (SSSR count). The molecule has 0 fully saturated rings. The zero-order valence-electron chi connectivity index (χ0n) is 11.4. The first-order valence-electron chi connectivity index (χ1n) is 6.19. The molecular weight excluding hydrogens is 314 g/mol. The van der Waals surface area contributed by atoms with Crippen molar-refractivity contribution in [3.05, 3.63) is 27.5 Å². The summed E-state index contributed by atoms with van der Waals surface area (Å²) in [4.78, 5) is 19.3. The van der Waals surface area contributed by atoms with Crippen molar-refractivity contribution < 1.29 is 4.79 Å². The summed E-state index contributed by atoms with van der Waals surface area (Å²) in [6.45, 7) is 1.49. The molecule has 0 spiro atoms. The number of hydrogen-bond donors (Lipinski definition) is 1. The fourth-order valence-electron chi connectivity index (χ4n) is 1.62. The van der Waals surface area contributed by atoms with Crippen molar-refractivity contribution in [2.75, 3.05) is 27.2 Å². The monoisotopic (exact) mass is 329 g/mol. The zero-order chi connectivity index (χ0) is 14.5. The highest BCUT2D eigenvalue weighted by Crippen LogP contribution is 2.32. The van der Waals surface area contributed by atoms with Crippen molar-refractivity contribution in [2.24, 2.45) is 0 Å². The van der Waals surface area contributed by atoms with Gasteiger partial charge in [-0.05, 0) is 19.2 Å². The number of aromatic nitrogens is 1. The maximum atomic E-state index is 12.0. The van der Waals surface area contributed by atoms with E-state index in [4.69, 9.17) is 11.6 Å². The van der Waals surface area contributed by atoms with E-state index in [1.807, 2.05) is 31.6 Å². The van der Waals surface area contributed by atoms with Crippen molar-refractivity contribution in [3.8, 4) is 9.88 Å². The molecule has 1 amide bonds. The number of rotatable bonds is 6. The summed E-state index contributed by atoms with van der Waals surface area (Å²) in [7, 11) is 3.68. The van der Waals surface area contributed by atoms with Gasteiger partial charge in [-0.2, -0.15) is 0 Å². The van der Waals surface area contributed by atoms with Gasteiger partial charge in [0.1, 0.15) is 5.01 Å². The Labute approximate surface area is 131 Å². The Balaban J connectivity index is 1.97. The Morgan fingerprint density at radius 1 is 1.50 bits per heavy atom. The second-order valence-corrected chi connectivity index (χ2v) is 6.92. The van der Waals surface area contributed by atoms with E-state index in [9.17, 15) is 4.79 Å². The van der Waals surface area contributed by atoms with Gasteiger partial charge in [-0.1, -0.05) is 11.6 Å². The zero-order valence-corrected chi connectivity index (χ0v) is 13.7. The Bertz CT molecular complexity index is 582. The van der Waals surface area contributed by atoms with Crippen LogP contribution in [0.15, 0.2) is 17.5 Å². The Morgan fingerprint density at radius 2 is 2.30 bits per heavy atom. The van der Waals surface area contributed by atoms with E-state index >= 15 is 0 Å². The van der Waals surface area contributed by atoms with Gasteiger partial charge in [-0.25, -0.2) is 4.98 Å². The van der Waals surface area contributed by atoms with Crippen LogP contribution in [0.25, 0.3) is 9.88 Å². The molecular formula is C13H16ClN3OS2. The molecule has 0 aliphatic heterocycles. The molecule has 20 heavy (non-hydrogen) atoms. The van der Waals surface area contributed by atoms with Gasteiger partial charge >= 0.3 is 0 Å². The highest BCUT2D eigenvalue weighted by Gasteiger charge is 2.13. The minimum Gasteiger partial charge on any atom is -0.344 e. The first-order chi connectivity index (χ1) is 9.60. The van der Waals surface area contributed by atoms with Crippen molar-refractivity contribution in [3.63, 3.8) is 0 Å². The SMILES string of the molecule is CNCCN(C)C(=O)Cc1csc(-c2ccc(Cl)s2)n1. The second-order valence-electron chi connectivity index (χ2n) is 4.34. The van der Waals surface area contributed by atoms with E-state index in [-0.39, 0.29) is 5.91 Å². The minimum absolute atomic E-state index is 0.0845. The molecule has 0 unspecified atom stereocenters.